The van der Waals surface area contributed by atoms with E-state index >= 15 is 0 Å². The quantitative estimate of drug-likeness (QED) is 0.914. The summed E-state index contributed by atoms with van der Waals surface area (Å²) in [5, 5.41) is 2.68. The molecule has 0 aromatic heterocycles. The van der Waals surface area contributed by atoms with Crippen molar-refractivity contribution >= 4 is 11.6 Å². The molecule has 0 aliphatic rings. The molecule has 0 heterocycles. The lowest BCUT2D eigenvalue weighted by Gasteiger charge is -2.09. The number of nitrogens with one attached hydrogen (secondary N) is 1. The van der Waals surface area contributed by atoms with Gasteiger partial charge in [0.25, 0.3) is 5.91 Å². The number of anilines is 1. The minimum Gasteiger partial charge on any atom is -0.497 e. The predicted octanol–water partition coefficient (Wildman–Crippen LogP) is 4.21. The van der Waals surface area contributed by atoms with Crippen LogP contribution in [-0.2, 0) is 0 Å². The van der Waals surface area contributed by atoms with E-state index in [0.29, 0.717) is 17.4 Å². The smallest absolute Gasteiger partial charge is 0.258 e. The Kier molecular flexibility index (Phi) is 4.58. The Hall–Kier alpha value is -2.36. The van der Waals surface area contributed by atoms with Crippen LogP contribution in [-0.4, -0.2) is 13.0 Å². The molecule has 2 aromatic rings. The summed E-state index contributed by atoms with van der Waals surface area (Å²) in [6.45, 7) is 4.20. The number of hydrogen-bond acceptors (Lipinski definition) is 2. The van der Waals surface area contributed by atoms with Crippen LogP contribution in [0.4, 0.5) is 10.1 Å². The average Bonchev–Trinajstić information content (AvgIpc) is 2.47. The second-order valence-corrected chi connectivity index (χ2v) is 5.08. The number of methoxy groups -OCH3 is 1. The van der Waals surface area contributed by atoms with Gasteiger partial charge in [-0.05, 0) is 35.7 Å². The summed E-state index contributed by atoms with van der Waals surface area (Å²) in [5.74, 6) is -0.280. The number of hydrogen-bond donors (Lipinski definition) is 1. The third-order valence-electron chi connectivity index (χ3n) is 3.26. The maximum Gasteiger partial charge on any atom is 0.258 e. The highest BCUT2D eigenvalue weighted by atomic mass is 19.1. The SMILES string of the molecule is COc1ccc(C(=O)Nc2ccc(C(C)C)cc2)c(F)c1. The van der Waals surface area contributed by atoms with Gasteiger partial charge in [0, 0.05) is 11.8 Å². The lowest BCUT2D eigenvalue weighted by molar-refractivity contribution is 0.102. The molecule has 2 rings (SSSR count). The van der Waals surface area contributed by atoms with E-state index in [4.69, 9.17) is 4.74 Å². The number of ether oxygens (including phenoxy) is 1. The molecule has 110 valence electrons. The average molecular weight is 287 g/mol. The van der Waals surface area contributed by atoms with Gasteiger partial charge in [-0.15, -0.1) is 0 Å². The highest BCUT2D eigenvalue weighted by Crippen LogP contribution is 2.20. The van der Waals surface area contributed by atoms with Crippen LogP contribution in [0.15, 0.2) is 42.5 Å². The molecule has 4 heteroatoms. The summed E-state index contributed by atoms with van der Waals surface area (Å²) >= 11 is 0. The Morgan fingerprint density at radius 1 is 1.14 bits per heavy atom. The lowest BCUT2D eigenvalue weighted by Crippen LogP contribution is -2.13. The molecule has 0 unspecified atom stereocenters. The van der Waals surface area contributed by atoms with E-state index in [-0.39, 0.29) is 5.56 Å². The Morgan fingerprint density at radius 3 is 2.33 bits per heavy atom. The fourth-order valence-electron chi connectivity index (χ4n) is 1.96. The molecule has 0 radical (unpaired) electrons. The van der Waals surface area contributed by atoms with Crippen LogP contribution in [0.1, 0.15) is 35.7 Å². The van der Waals surface area contributed by atoms with Crippen molar-refractivity contribution in [3.05, 3.63) is 59.4 Å². The van der Waals surface area contributed by atoms with Crippen LogP contribution in [0, 0.1) is 5.82 Å². The maximum atomic E-state index is 13.8. The Morgan fingerprint density at radius 2 is 1.81 bits per heavy atom. The molecule has 0 aliphatic carbocycles. The summed E-state index contributed by atoms with van der Waals surface area (Å²) < 4.78 is 18.7. The largest absolute Gasteiger partial charge is 0.497 e. The monoisotopic (exact) mass is 287 g/mol. The number of carbonyl (C=O) groups excluding carboxylic acids is 1. The zero-order valence-electron chi connectivity index (χ0n) is 12.3. The third kappa shape index (κ3) is 3.60. The summed E-state index contributed by atoms with van der Waals surface area (Å²) in [6.07, 6.45) is 0. The van der Waals surface area contributed by atoms with Gasteiger partial charge in [0.1, 0.15) is 11.6 Å². The molecule has 0 fully saturated rings. The van der Waals surface area contributed by atoms with E-state index in [9.17, 15) is 9.18 Å². The Labute approximate surface area is 123 Å². The van der Waals surface area contributed by atoms with Gasteiger partial charge in [-0.2, -0.15) is 0 Å². The normalized spacial score (nSPS) is 10.5. The number of amides is 1. The number of benzene rings is 2. The van der Waals surface area contributed by atoms with Crippen molar-refractivity contribution in [1.82, 2.24) is 0 Å². The van der Waals surface area contributed by atoms with Crippen molar-refractivity contribution in [1.29, 1.82) is 0 Å². The molecule has 21 heavy (non-hydrogen) atoms. The number of rotatable bonds is 4. The summed E-state index contributed by atoms with van der Waals surface area (Å²) in [5.41, 5.74) is 1.81. The first kappa shape index (κ1) is 15.0. The minimum atomic E-state index is -0.606. The van der Waals surface area contributed by atoms with Gasteiger partial charge in [0.05, 0.1) is 12.7 Å². The van der Waals surface area contributed by atoms with Gasteiger partial charge in [-0.1, -0.05) is 26.0 Å². The van der Waals surface area contributed by atoms with Crippen LogP contribution < -0.4 is 10.1 Å². The molecule has 2 aromatic carbocycles. The van der Waals surface area contributed by atoms with Crippen molar-refractivity contribution in [2.24, 2.45) is 0 Å². The molecule has 3 nitrogen and oxygen atoms in total. The first-order chi connectivity index (χ1) is 10.0. The zero-order chi connectivity index (χ0) is 15.4. The van der Waals surface area contributed by atoms with Crippen molar-refractivity contribution in [3.8, 4) is 5.75 Å². The fraction of sp³-hybridized carbons (Fsp3) is 0.235. The van der Waals surface area contributed by atoms with Crippen molar-refractivity contribution in [2.45, 2.75) is 19.8 Å². The van der Waals surface area contributed by atoms with Crippen LogP contribution in [0.3, 0.4) is 0 Å². The molecule has 0 atom stereocenters. The molecule has 1 amide bonds. The van der Waals surface area contributed by atoms with Gasteiger partial charge >= 0.3 is 0 Å². The van der Waals surface area contributed by atoms with Gasteiger partial charge in [0.2, 0.25) is 0 Å². The Bertz CT molecular complexity index is 636. The third-order valence-corrected chi connectivity index (χ3v) is 3.26. The molecule has 1 N–H and O–H groups in total. The summed E-state index contributed by atoms with van der Waals surface area (Å²) in [6, 6.07) is 11.7. The van der Waals surface area contributed by atoms with E-state index in [1.54, 1.807) is 6.07 Å². The summed E-state index contributed by atoms with van der Waals surface area (Å²) in [4.78, 5) is 12.1. The van der Waals surface area contributed by atoms with Crippen LogP contribution in [0.25, 0.3) is 0 Å². The fourth-order valence-corrected chi connectivity index (χ4v) is 1.96. The topological polar surface area (TPSA) is 38.3 Å². The van der Waals surface area contributed by atoms with E-state index in [1.165, 1.54) is 24.8 Å². The van der Waals surface area contributed by atoms with Crippen LogP contribution in [0.2, 0.25) is 0 Å². The highest BCUT2D eigenvalue weighted by molar-refractivity contribution is 6.04. The molecule has 0 saturated heterocycles. The standard InChI is InChI=1S/C17H18FNO2/c1-11(2)12-4-6-13(7-5-12)19-17(20)15-9-8-14(21-3)10-16(15)18/h4-11H,1-3H3,(H,19,20). The maximum absolute atomic E-state index is 13.8. The van der Waals surface area contributed by atoms with Crippen LogP contribution in [0.5, 0.6) is 5.75 Å². The molecule has 0 saturated carbocycles. The molecular formula is C17H18FNO2. The zero-order valence-corrected chi connectivity index (χ0v) is 12.3. The second kappa shape index (κ2) is 6.39. The lowest BCUT2D eigenvalue weighted by atomic mass is 10.0. The molecule has 0 bridgehead atoms. The van der Waals surface area contributed by atoms with E-state index in [1.807, 2.05) is 24.3 Å². The molecule has 0 spiro atoms. The van der Waals surface area contributed by atoms with Gasteiger partial charge in [-0.25, -0.2) is 4.39 Å². The number of carbonyl (C=O) groups is 1. The first-order valence-corrected chi connectivity index (χ1v) is 6.76. The second-order valence-electron chi connectivity index (χ2n) is 5.08. The van der Waals surface area contributed by atoms with Gasteiger partial charge in [0.15, 0.2) is 0 Å². The van der Waals surface area contributed by atoms with E-state index in [0.717, 1.165) is 0 Å². The molecule has 0 aliphatic heterocycles. The minimum absolute atomic E-state index is 0.0104. The van der Waals surface area contributed by atoms with Crippen molar-refractivity contribution in [2.75, 3.05) is 12.4 Å². The highest BCUT2D eigenvalue weighted by Gasteiger charge is 2.13. The molecular weight excluding hydrogens is 269 g/mol. The van der Waals surface area contributed by atoms with E-state index < -0.39 is 11.7 Å². The van der Waals surface area contributed by atoms with E-state index in [2.05, 4.69) is 19.2 Å². The van der Waals surface area contributed by atoms with Gasteiger partial charge in [-0.3, -0.25) is 4.79 Å². The predicted molar refractivity (Wildman–Crippen MR) is 81.4 cm³/mol. The van der Waals surface area contributed by atoms with Gasteiger partial charge < -0.3 is 10.1 Å². The van der Waals surface area contributed by atoms with Crippen molar-refractivity contribution < 1.29 is 13.9 Å². The van der Waals surface area contributed by atoms with Crippen LogP contribution >= 0.6 is 0 Å². The van der Waals surface area contributed by atoms with Crippen molar-refractivity contribution in [3.63, 3.8) is 0 Å². The first-order valence-electron chi connectivity index (χ1n) is 6.76. The Balaban J connectivity index is 2.14. The number of halogens is 1. The summed E-state index contributed by atoms with van der Waals surface area (Å²) in [7, 11) is 1.45.